The van der Waals surface area contributed by atoms with Gasteiger partial charge in [-0.15, -0.1) is 0 Å². The Labute approximate surface area is 146 Å². The maximum atomic E-state index is 12.5. The monoisotopic (exact) mass is 341 g/mol. The Balaban J connectivity index is 1.51. The van der Waals surface area contributed by atoms with Crippen LogP contribution in [0.5, 0.6) is 5.75 Å². The fourth-order valence-electron chi connectivity index (χ4n) is 3.69. The average molecular weight is 341 g/mol. The van der Waals surface area contributed by atoms with Crippen molar-refractivity contribution in [3.05, 3.63) is 47.3 Å². The number of aryl methyl sites for hydroxylation is 1. The molecule has 0 unspecified atom stereocenters. The van der Waals surface area contributed by atoms with Crippen LogP contribution in [0.4, 0.5) is 0 Å². The van der Waals surface area contributed by atoms with E-state index in [-0.39, 0.29) is 30.5 Å². The lowest BCUT2D eigenvalue weighted by atomic mass is 9.75. The molecular weight excluding hydrogens is 318 g/mol. The number of benzene rings is 1. The number of amides is 1. The number of carbonyl (C=O) groups excluding carboxylic acids is 1. The molecule has 0 saturated heterocycles. The summed E-state index contributed by atoms with van der Waals surface area (Å²) >= 11 is 0. The minimum absolute atomic E-state index is 0.0637. The first-order chi connectivity index (χ1) is 12.1. The van der Waals surface area contributed by atoms with Gasteiger partial charge in [0.1, 0.15) is 12.3 Å². The van der Waals surface area contributed by atoms with Crippen LogP contribution in [0.15, 0.2) is 30.5 Å². The zero-order chi connectivity index (χ0) is 17.4. The van der Waals surface area contributed by atoms with Gasteiger partial charge in [-0.2, -0.15) is 5.10 Å². The van der Waals surface area contributed by atoms with Crippen molar-refractivity contribution in [2.24, 2.45) is 5.92 Å². The molecule has 0 radical (unpaired) electrons. The van der Waals surface area contributed by atoms with Crippen LogP contribution in [0.3, 0.4) is 0 Å². The second kappa shape index (κ2) is 6.52. The second-order valence-corrected chi connectivity index (χ2v) is 7.05. The van der Waals surface area contributed by atoms with Gasteiger partial charge in [0, 0.05) is 12.6 Å². The van der Waals surface area contributed by atoms with Crippen molar-refractivity contribution < 1.29 is 14.6 Å². The Morgan fingerprint density at radius 1 is 1.44 bits per heavy atom. The van der Waals surface area contributed by atoms with Crippen molar-refractivity contribution in [3.8, 4) is 5.75 Å². The summed E-state index contributed by atoms with van der Waals surface area (Å²) < 4.78 is 7.22. The van der Waals surface area contributed by atoms with E-state index in [0.29, 0.717) is 0 Å². The van der Waals surface area contributed by atoms with E-state index < -0.39 is 0 Å². The third-order valence-electron chi connectivity index (χ3n) is 5.09. The predicted octanol–water partition coefficient (Wildman–Crippen LogP) is 1.75. The summed E-state index contributed by atoms with van der Waals surface area (Å²) in [6, 6.07) is 7.95. The van der Waals surface area contributed by atoms with Gasteiger partial charge in [0.25, 0.3) is 0 Å². The number of ether oxygens (including phenoxy) is 1. The molecule has 6 heteroatoms. The van der Waals surface area contributed by atoms with Gasteiger partial charge < -0.3 is 15.2 Å². The Hall–Kier alpha value is -2.34. The molecule has 0 spiro atoms. The van der Waals surface area contributed by atoms with E-state index in [0.717, 1.165) is 42.9 Å². The number of carbonyl (C=O) groups is 1. The molecule has 1 saturated carbocycles. The summed E-state index contributed by atoms with van der Waals surface area (Å²) in [5.41, 5.74) is 3.18. The number of nitrogens with one attached hydrogen (secondary N) is 1. The van der Waals surface area contributed by atoms with E-state index in [2.05, 4.69) is 16.5 Å². The second-order valence-electron chi connectivity index (χ2n) is 7.05. The number of fused-ring (bicyclic) bond motifs is 1. The highest BCUT2D eigenvalue weighted by molar-refractivity contribution is 5.76. The minimum Gasteiger partial charge on any atom is -0.493 e. The van der Waals surface area contributed by atoms with E-state index in [9.17, 15) is 9.90 Å². The zero-order valence-electron chi connectivity index (χ0n) is 14.3. The molecule has 1 amide bonds. The van der Waals surface area contributed by atoms with Crippen LogP contribution in [0.2, 0.25) is 0 Å². The Kier molecular flexibility index (Phi) is 4.21. The number of aliphatic hydroxyl groups is 1. The Morgan fingerprint density at radius 2 is 2.28 bits per heavy atom. The molecule has 2 aliphatic rings. The van der Waals surface area contributed by atoms with E-state index in [1.54, 1.807) is 4.68 Å². The lowest BCUT2D eigenvalue weighted by Crippen LogP contribution is -2.42. The maximum absolute atomic E-state index is 12.5. The predicted molar refractivity (Wildman–Crippen MR) is 92.2 cm³/mol. The SMILES string of the molecule is Cc1ccn(CC(=O)N[C@@H](c2ccc3c(c2)CCO3)C2CC(O)C2)n1. The highest BCUT2D eigenvalue weighted by Crippen LogP contribution is 2.39. The van der Waals surface area contributed by atoms with Crippen LogP contribution in [0.25, 0.3) is 0 Å². The highest BCUT2D eigenvalue weighted by Gasteiger charge is 2.36. The van der Waals surface area contributed by atoms with Crippen LogP contribution in [0, 0.1) is 12.8 Å². The number of aliphatic hydroxyl groups excluding tert-OH is 1. The molecule has 1 aliphatic heterocycles. The lowest BCUT2D eigenvalue weighted by Gasteiger charge is -2.38. The number of aromatic nitrogens is 2. The van der Waals surface area contributed by atoms with Crippen molar-refractivity contribution in [2.75, 3.05) is 6.61 Å². The van der Waals surface area contributed by atoms with Crippen LogP contribution in [-0.4, -0.2) is 33.5 Å². The lowest BCUT2D eigenvalue weighted by molar-refractivity contribution is -0.123. The van der Waals surface area contributed by atoms with Gasteiger partial charge in [0.15, 0.2) is 0 Å². The third kappa shape index (κ3) is 3.39. The first-order valence-corrected chi connectivity index (χ1v) is 8.81. The van der Waals surface area contributed by atoms with E-state index in [1.807, 2.05) is 31.3 Å². The smallest absolute Gasteiger partial charge is 0.242 e. The standard InChI is InChI=1S/C19H23N3O3/c1-12-4-6-22(21-12)11-18(24)20-19(15-9-16(23)10-15)14-2-3-17-13(8-14)5-7-25-17/h2-4,6,8,15-16,19,23H,5,7,9-11H2,1H3,(H,20,24)/t15?,16?,19-/m0/s1. The molecule has 0 bridgehead atoms. The summed E-state index contributed by atoms with van der Waals surface area (Å²) in [5, 5.41) is 17.1. The number of rotatable bonds is 5. The zero-order valence-corrected chi connectivity index (χ0v) is 14.3. The summed E-state index contributed by atoms with van der Waals surface area (Å²) in [7, 11) is 0. The minimum atomic E-state index is -0.254. The molecule has 1 fully saturated rings. The van der Waals surface area contributed by atoms with Crippen LogP contribution in [0.1, 0.15) is 35.7 Å². The van der Waals surface area contributed by atoms with Gasteiger partial charge in [-0.25, -0.2) is 0 Å². The summed E-state index contributed by atoms with van der Waals surface area (Å²) in [6.07, 6.45) is 3.91. The number of nitrogens with zero attached hydrogens (tertiary/aromatic N) is 2. The highest BCUT2D eigenvalue weighted by atomic mass is 16.5. The molecule has 25 heavy (non-hydrogen) atoms. The molecule has 1 aliphatic carbocycles. The molecule has 4 rings (SSSR count). The van der Waals surface area contributed by atoms with Gasteiger partial charge in [-0.3, -0.25) is 9.48 Å². The Bertz CT molecular complexity index is 780. The van der Waals surface area contributed by atoms with Crippen LogP contribution in [-0.2, 0) is 17.8 Å². The van der Waals surface area contributed by atoms with Crippen molar-refractivity contribution in [3.63, 3.8) is 0 Å². The largest absolute Gasteiger partial charge is 0.493 e. The van der Waals surface area contributed by atoms with Gasteiger partial charge >= 0.3 is 0 Å². The van der Waals surface area contributed by atoms with E-state index >= 15 is 0 Å². The molecule has 1 aromatic heterocycles. The van der Waals surface area contributed by atoms with Crippen molar-refractivity contribution in [1.29, 1.82) is 0 Å². The van der Waals surface area contributed by atoms with Gasteiger partial charge in [0.2, 0.25) is 5.91 Å². The summed E-state index contributed by atoms with van der Waals surface area (Å²) in [6.45, 7) is 2.82. The number of hydrogen-bond donors (Lipinski definition) is 2. The van der Waals surface area contributed by atoms with Crippen LogP contribution < -0.4 is 10.1 Å². The molecule has 2 N–H and O–H groups in total. The molecular formula is C19H23N3O3. The topological polar surface area (TPSA) is 76.4 Å². The molecule has 2 aromatic rings. The quantitative estimate of drug-likeness (QED) is 0.869. The summed E-state index contributed by atoms with van der Waals surface area (Å²) in [5.74, 6) is 1.14. The molecule has 132 valence electrons. The van der Waals surface area contributed by atoms with Crippen molar-refractivity contribution in [1.82, 2.24) is 15.1 Å². The van der Waals surface area contributed by atoms with Gasteiger partial charge in [-0.1, -0.05) is 6.07 Å². The summed E-state index contributed by atoms with van der Waals surface area (Å²) in [4.78, 5) is 12.5. The molecule has 1 atom stereocenters. The normalized spacial score (nSPS) is 22.6. The van der Waals surface area contributed by atoms with E-state index in [1.165, 1.54) is 5.56 Å². The molecule has 2 heterocycles. The van der Waals surface area contributed by atoms with Gasteiger partial charge in [-0.05, 0) is 55.0 Å². The van der Waals surface area contributed by atoms with Crippen LogP contribution >= 0.6 is 0 Å². The molecule has 6 nitrogen and oxygen atoms in total. The molecule has 1 aromatic carbocycles. The number of hydrogen-bond acceptors (Lipinski definition) is 4. The maximum Gasteiger partial charge on any atom is 0.242 e. The van der Waals surface area contributed by atoms with E-state index in [4.69, 9.17) is 4.74 Å². The third-order valence-corrected chi connectivity index (χ3v) is 5.09. The first-order valence-electron chi connectivity index (χ1n) is 8.81. The fraction of sp³-hybridized carbons (Fsp3) is 0.474. The average Bonchev–Trinajstić information content (AvgIpc) is 3.18. The first kappa shape index (κ1) is 16.1. The van der Waals surface area contributed by atoms with Gasteiger partial charge in [0.05, 0.1) is 24.4 Å². The fourth-order valence-corrected chi connectivity index (χ4v) is 3.69. The van der Waals surface area contributed by atoms with Crippen molar-refractivity contribution in [2.45, 2.75) is 44.9 Å². The van der Waals surface area contributed by atoms with Crippen molar-refractivity contribution >= 4 is 5.91 Å². The Morgan fingerprint density at radius 3 is 3.00 bits per heavy atom.